The molecule has 0 aromatic heterocycles. The molecule has 5 heteroatoms. The van der Waals surface area contributed by atoms with E-state index in [0.29, 0.717) is 12.8 Å². The zero-order chi connectivity index (χ0) is 10.8. The molecule has 1 fully saturated rings. The van der Waals surface area contributed by atoms with Crippen LogP contribution < -0.4 is 0 Å². The number of ketones is 2. The third-order valence-corrected chi connectivity index (χ3v) is 2.80. The fourth-order valence-corrected chi connectivity index (χ4v) is 1.31. The highest BCUT2D eigenvalue weighted by molar-refractivity contribution is 6.38. The zero-order valence-electron chi connectivity index (χ0n) is 8.21. The number of ether oxygens (including phenoxy) is 2. The Balaban J connectivity index is 2.43. The molecule has 0 aromatic carbocycles. The van der Waals surface area contributed by atoms with Gasteiger partial charge in [0.25, 0.3) is 0 Å². The number of halogens is 1. The van der Waals surface area contributed by atoms with E-state index in [1.807, 2.05) is 0 Å². The number of Topliss-reactive ketones (excluding diaryl/α,β-unsaturated/α-hetero) is 2. The van der Waals surface area contributed by atoms with Crippen LogP contribution in [0.15, 0.2) is 0 Å². The molecule has 0 spiro atoms. The molecule has 4 nitrogen and oxygen atoms in total. The summed E-state index contributed by atoms with van der Waals surface area (Å²) in [5.74, 6) is -0.616. The van der Waals surface area contributed by atoms with E-state index in [9.17, 15) is 9.59 Å². The minimum absolute atomic E-state index is 0.212. The summed E-state index contributed by atoms with van der Waals surface area (Å²) < 4.78 is 9.46. The molecular formula is C9H13ClO4. The lowest BCUT2D eigenvalue weighted by atomic mass is 10.1. The van der Waals surface area contributed by atoms with Crippen LogP contribution in [0.5, 0.6) is 0 Å². The molecule has 0 amide bonds. The van der Waals surface area contributed by atoms with E-state index in [-0.39, 0.29) is 18.0 Å². The van der Waals surface area contributed by atoms with Crippen molar-refractivity contribution < 1.29 is 19.1 Å². The average molecular weight is 221 g/mol. The number of hydrogen-bond donors (Lipinski definition) is 0. The molecule has 14 heavy (non-hydrogen) atoms. The van der Waals surface area contributed by atoms with Crippen LogP contribution >= 0.6 is 11.6 Å². The number of methoxy groups -OCH3 is 2. The van der Waals surface area contributed by atoms with Gasteiger partial charge < -0.3 is 9.47 Å². The van der Waals surface area contributed by atoms with Gasteiger partial charge in [0.1, 0.15) is 4.87 Å². The number of alkyl halides is 1. The number of hydrogen-bond acceptors (Lipinski definition) is 4. The minimum Gasteiger partial charge on any atom is -0.349 e. The molecule has 1 aliphatic rings. The summed E-state index contributed by atoms with van der Waals surface area (Å²) >= 11 is 5.85. The van der Waals surface area contributed by atoms with Gasteiger partial charge in [-0.2, -0.15) is 0 Å². The summed E-state index contributed by atoms with van der Waals surface area (Å²) in [5.41, 5.74) is 0. The molecule has 0 saturated heterocycles. The average Bonchev–Trinajstić information content (AvgIpc) is 2.87. The summed E-state index contributed by atoms with van der Waals surface area (Å²) in [7, 11) is 2.70. The van der Waals surface area contributed by atoms with E-state index in [0.717, 1.165) is 0 Å². The van der Waals surface area contributed by atoms with Gasteiger partial charge in [-0.25, -0.2) is 0 Å². The molecule has 0 bridgehead atoms. The van der Waals surface area contributed by atoms with E-state index in [1.165, 1.54) is 14.2 Å². The summed E-state index contributed by atoms with van der Waals surface area (Å²) in [5, 5.41) is 0. The minimum atomic E-state index is -0.960. The topological polar surface area (TPSA) is 52.6 Å². The first-order valence-corrected chi connectivity index (χ1v) is 4.72. The maximum absolute atomic E-state index is 11.4. The van der Waals surface area contributed by atoms with Crippen LogP contribution in [0.4, 0.5) is 0 Å². The Morgan fingerprint density at radius 2 is 1.86 bits per heavy atom. The van der Waals surface area contributed by atoms with Gasteiger partial charge in [-0.05, 0) is 12.8 Å². The SMILES string of the molecule is COC(OC)C(=O)CC(=O)C1(Cl)CC1. The van der Waals surface area contributed by atoms with Crippen molar-refractivity contribution in [3.05, 3.63) is 0 Å². The third-order valence-electron chi connectivity index (χ3n) is 2.21. The van der Waals surface area contributed by atoms with E-state index in [2.05, 4.69) is 0 Å². The number of carbonyl (C=O) groups is 2. The lowest BCUT2D eigenvalue weighted by Crippen LogP contribution is -2.30. The van der Waals surface area contributed by atoms with Crippen molar-refractivity contribution >= 4 is 23.2 Å². The summed E-state index contributed by atoms with van der Waals surface area (Å²) in [6.07, 6.45) is 0.143. The van der Waals surface area contributed by atoms with Crippen LogP contribution in [0.1, 0.15) is 19.3 Å². The largest absolute Gasteiger partial charge is 0.349 e. The van der Waals surface area contributed by atoms with Gasteiger partial charge in [0, 0.05) is 14.2 Å². The first-order valence-electron chi connectivity index (χ1n) is 4.34. The van der Waals surface area contributed by atoms with Crippen LogP contribution in [0.2, 0.25) is 0 Å². The van der Waals surface area contributed by atoms with Crippen molar-refractivity contribution in [3.8, 4) is 0 Å². The van der Waals surface area contributed by atoms with Crippen molar-refractivity contribution in [2.24, 2.45) is 0 Å². The molecule has 1 saturated carbocycles. The molecular weight excluding hydrogens is 208 g/mol. The van der Waals surface area contributed by atoms with Crippen molar-refractivity contribution in [2.45, 2.75) is 30.4 Å². The zero-order valence-corrected chi connectivity index (χ0v) is 8.97. The van der Waals surface area contributed by atoms with Crippen LogP contribution in [0.3, 0.4) is 0 Å². The van der Waals surface area contributed by atoms with Crippen molar-refractivity contribution in [1.29, 1.82) is 0 Å². The second-order valence-electron chi connectivity index (χ2n) is 3.33. The predicted molar refractivity (Wildman–Crippen MR) is 50.3 cm³/mol. The first kappa shape index (κ1) is 11.6. The monoisotopic (exact) mass is 220 g/mol. The maximum Gasteiger partial charge on any atom is 0.217 e. The van der Waals surface area contributed by atoms with Gasteiger partial charge in [-0.1, -0.05) is 0 Å². The molecule has 1 aliphatic carbocycles. The van der Waals surface area contributed by atoms with E-state index in [1.54, 1.807) is 0 Å². The Morgan fingerprint density at radius 1 is 1.36 bits per heavy atom. The molecule has 0 aromatic rings. The highest BCUT2D eigenvalue weighted by Crippen LogP contribution is 2.44. The van der Waals surface area contributed by atoms with Gasteiger partial charge in [-0.3, -0.25) is 9.59 Å². The van der Waals surface area contributed by atoms with Gasteiger partial charge >= 0.3 is 0 Å². The van der Waals surface area contributed by atoms with Gasteiger partial charge in [0.2, 0.25) is 6.29 Å². The second-order valence-corrected chi connectivity index (χ2v) is 4.06. The Bertz CT molecular complexity index is 243. The molecule has 0 N–H and O–H groups in total. The molecule has 0 atom stereocenters. The van der Waals surface area contributed by atoms with E-state index >= 15 is 0 Å². The lowest BCUT2D eigenvalue weighted by Gasteiger charge is -2.12. The highest BCUT2D eigenvalue weighted by Gasteiger charge is 2.48. The van der Waals surface area contributed by atoms with Crippen LogP contribution in [0, 0.1) is 0 Å². The first-order chi connectivity index (χ1) is 6.53. The molecule has 0 radical (unpaired) electrons. The predicted octanol–water partition coefficient (Wildman–Crippen LogP) is 0.905. The molecule has 0 aliphatic heterocycles. The third kappa shape index (κ3) is 2.53. The highest BCUT2D eigenvalue weighted by atomic mass is 35.5. The fourth-order valence-electron chi connectivity index (χ4n) is 1.15. The standard InChI is InChI=1S/C9H13ClO4/c1-13-8(14-2)6(11)5-7(12)9(10)3-4-9/h8H,3-5H2,1-2H3. The molecule has 1 rings (SSSR count). The molecule has 0 unspecified atom stereocenters. The van der Waals surface area contributed by atoms with Crippen LogP contribution in [0.25, 0.3) is 0 Å². The van der Waals surface area contributed by atoms with Crippen LogP contribution in [-0.2, 0) is 19.1 Å². The Morgan fingerprint density at radius 3 is 2.21 bits per heavy atom. The quantitative estimate of drug-likeness (QED) is 0.379. The van der Waals surface area contributed by atoms with Crippen molar-refractivity contribution in [1.82, 2.24) is 0 Å². The van der Waals surface area contributed by atoms with Gasteiger partial charge in [-0.15, -0.1) is 11.6 Å². The van der Waals surface area contributed by atoms with Gasteiger partial charge in [0.05, 0.1) is 6.42 Å². The fraction of sp³-hybridized carbons (Fsp3) is 0.778. The van der Waals surface area contributed by atoms with E-state index in [4.69, 9.17) is 21.1 Å². The maximum atomic E-state index is 11.4. The van der Waals surface area contributed by atoms with Gasteiger partial charge in [0.15, 0.2) is 11.6 Å². The normalized spacial score (nSPS) is 18.3. The smallest absolute Gasteiger partial charge is 0.217 e. The van der Waals surface area contributed by atoms with Crippen LogP contribution in [-0.4, -0.2) is 37.0 Å². The Kier molecular flexibility index (Phi) is 3.64. The lowest BCUT2D eigenvalue weighted by molar-refractivity contribution is -0.157. The summed E-state index contributed by atoms with van der Waals surface area (Å²) in [6.45, 7) is 0. The van der Waals surface area contributed by atoms with Crippen molar-refractivity contribution in [3.63, 3.8) is 0 Å². The Hall–Kier alpha value is -0.450. The number of rotatable bonds is 6. The molecule has 80 valence electrons. The Labute approximate surface area is 87.5 Å². The number of carbonyl (C=O) groups excluding carboxylic acids is 2. The second kappa shape index (κ2) is 4.38. The van der Waals surface area contributed by atoms with E-state index < -0.39 is 11.2 Å². The summed E-state index contributed by atoms with van der Waals surface area (Å²) in [4.78, 5) is 22.0. The summed E-state index contributed by atoms with van der Waals surface area (Å²) in [6, 6.07) is 0. The van der Waals surface area contributed by atoms with Crippen molar-refractivity contribution in [2.75, 3.05) is 14.2 Å². The molecule has 0 heterocycles.